The molecule has 5 atom stereocenters. The highest BCUT2D eigenvalue weighted by molar-refractivity contribution is 5.27. The van der Waals surface area contributed by atoms with Crippen molar-refractivity contribution in [3.05, 3.63) is 29.8 Å². The van der Waals surface area contributed by atoms with Crippen LogP contribution in [0.5, 0.6) is 5.75 Å². The van der Waals surface area contributed by atoms with Crippen LogP contribution in [0.4, 0.5) is 0 Å². The standard InChI is InChI=1S/C14H20O7/c15-6-5-8-1-3-9(4-2-8)20-14-13(19)12(18)11(17)10(7-16)21-14/h1-4,10-19H,5-7H2/t10-,11-,12+,13-,14+/m1/s1. The molecule has 1 fully saturated rings. The third kappa shape index (κ3) is 3.70. The highest BCUT2D eigenvalue weighted by atomic mass is 16.7. The van der Waals surface area contributed by atoms with E-state index in [-0.39, 0.29) is 6.61 Å². The summed E-state index contributed by atoms with van der Waals surface area (Å²) in [6, 6.07) is 6.81. The summed E-state index contributed by atoms with van der Waals surface area (Å²) in [5.41, 5.74) is 0.929. The van der Waals surface area contributed by atoms with E-state index in [1.54, 1.807) is 24.3 Å². The van der Waals surface area contributed by atoms with Crippen LogP contribution in [0.2, 0.25) is 0 Å². The van der Waals surface area contributed by atoms with E-state index in [9.17, 15) is 15.3 Å². The molecule has 1 heterocycles. The van der Waals surface area contributed by atoms with Gasteiger partial charge in [0.25, 0.3) is 0 Å². The molecule has 1 aromatic carbocycles. The summed E-state index contributed by atoms with van der Waals surface area (Å²) in [5.74, 6) is 0.404. The van der Waals surface area contributed by atoms with Gasteiger partial charge in [-0.05, 0) is 24.1 Å². The van der Waals surface area contributed by atoms with Crippen LogP contribution in [0, 0.1) is 0 Å². The number of hydrogen-bond donors (Lipinski definition) is 5. The summed E-state index contributed by atoms with van der Waals surface area (Å²) in [6.45, 7) is -0.451. The molecular weight excluding hydrogens is 280 g/mol. The van der Waals surface area contributed by atoms with Gasteiger partial charge in [0.2, 0.25) is 6.29 Å². The van der Waals surface area contributed by atoms with Gasteiger partial charge in [-0.1, -0.05) is 12.1 Å². The zero-order valence-electron chi connectivity index (χ0n) is 11.4. The largest absolute Gasteiger partial charge is 0.462 e. The van der Waals surface area contributed by atoms with Crippen LogP contribution < -0.4 is 4.74 Å². The van der Waals surface area contributed by atoms with Gasteiger partial charge in [0.05, 0.1) is 6.61 Å². The lowest BCUT2D eigenvalue weighted by molar-refractivity contribution is -0.277. The van der Waals surface area contributed by atoms with Crippen LogP contribution in [0.3, 0.4) is 0 Å². The number of hydrogen-bond acceptors (Lipinski definition) is 7. The van der Waals surface area contributed by atoms with Crippen molar-refractivity contribution in [2.45, 2.75) is 37.1 Å². The third-order valence-corrected chi connectivity index (χ3v) is 3.42. The molecule has 118 valence electrons. The van der Waals surface area contributed by atoms with Gasteiger partial charge < -0.3 is 35.0 Å². The normalized spacial score (nSPS) is 32.9. The quantitative estimate of drug-likeness (QED) is 0.444. The van der Waals surface area contributed by atoms with Gasteiger partial charge in [-0.2, -0.15) is 0 Å². The fourth-order valence-corrected chi connectivity index (χ4v) is 2.16. The van der Waals surface area contributed by atoms with Crippen LogP contribution in [0.15, 0.2) is 24.3 Å². The maximum atomic E-state index is 9.85. The van der Waals surface area contributed by atoms with Crippen molar-refractivity contribution >= 4 is 0 Å². The summed E-state index contributed by atoms with van der Waals surface area (Å²) >= 11 is 0. The van der Waals surface area contributed by atoms with Crippen molar-refractivity contribution in [3.63, 3.8) is 0 Å². The molecular formula is C14H20O7. The smallest absolute Gasteiger partial charge is 0.229 e. The number of aliphatic hydroxyl groups excluding tert-OH is 5. The third-order valence-electron chi connectivity index (χ3n) is 3.42. The number of benzene rings is 1. The molecule has 1 aliphatic rings. The molecule has 0 bridgehead atoms. The number of ether oxygens (including phenoxy) is 2. The molecule has 0 amide bonds. The first-order chi connectivity index (χ1) is 10.1. The van der Waals surface area contributed by atoms with Crippen molar-refractivity contribution in [1.29, 1.82) is 0 Å². The van der Waals surface area contributed by atoms with Crippen LogP contribution in [0.1, 0.15) is 5.56 Å². The minimum Gasteiger partial charge on any atom is -0.462 e. The van der Waals surface area contributed by atoms with Gasteiger partial charge in [-0.3, -0.25) is 0 Å². The Labute approximate surface area is 122 Å². The van der Waals surface area contributed by atoms with Crippen LogP contribution in [-0.4, -0.2) is 69.5 Å². The van der Waals surface area contributed by atoms with Gasteiger partial charge in [0, 0.05) is 6.61 Å². The minimum absolute atomic E-state index is 0.0485. The molecule has 1 saturated heterocycles. The lowest BCUT2D eigenvalue weighted by Gasteiger charge is -2.39. The Morgan fingerprint density at radius 2 is 1.62 bits per heavy atom. The minimum atomic E-state index is -1.46. The first kappa shape index (κ1) is 16.2. The Morgan fingerprint density at radius 3 is 2.19 bits per heavy atom. The van der Waals surface area contributed by atoms with E-state index in [1.165, 1.54) is 0 Å². The highest BCUT2D eigenvalue weighted by Gasteiger charge is 2.44. The topological polar surface area (TPSA) is 120 Å². The van der Waals surface area contributed by atoms with Gasteiger partial charge in [-0.15, -0.1) is 0 Å². The summed E-state index contributed by atoms with van der Waals surface area (Å²) in [6.07, 6.45) is -5.96. The fraction of sp³-hybridized carbons (Fsp3) is 0.571. The Hall–Kier alpha value is -1.22. The van der Waals surface area contributed by atoms with Crippen molar-refractivity contribution in [1.82, 2.24) is 0 Å². The molecule has 7 heteroatoms. The number of aliphatic hydroxyl groups is 5. The van der Waals surface area contributed by atoms with E-state index in [2.05, 4.69) is 0 Å². The zero-order chi connectivity index (χ0) is 15.4. The van der Waals surface area contributed by atoms with Gasteiger partial charge >= 0.3 is 0 Å². The summed E-state index contributed by atoms with van der Waals surface area (Å²) in [4.78, 5) is 0. The SMILES string of the molecule is OCCc1ccc(O[C@H]2O[C@H](CO)[C@@H](O)[C@H](O)[C@H]2O)cc1. The molecule has 0 saturated carbocycles. The Morgan fingerprint density at radius 1 is 0.952 bits per heavy atom. The predicted molar refractivity (Wildman–Crippen MR) is 71.6 cm³/mol. The molecule has 2 rings (SSSR count). The molecule has 5 N–H and O–H groups in total. The Balaban J connectivity index is 2.03. The van der Waals surface area contributed by atoms with E-state index >= 15 is 0 Å². The van der Waals surface area contributed by atoms with Crippen molar-refractivity contribution in [3.8, 4) is 5.75 Å². The predicted octanol–water partition coefficient (Wildman–Crippen LogP) is -1.60. The molecule has 0 aromatic heterocycles. The van der Waals surface area contributed by atoms with Crippen molar-refractivity contribution in [2.75, 3.05) is 13.2 Å². The summed E-state index contributed by atoms with van der Waals surface area (Å²) in [7, 11) is 0. The summed E-state index contributed by atoms with van der Waals surface area (Å²) in [5, 5.41) is 47.1. The highest BCUT2D eigenvalue weighted by Crippen LogP contribution is 2.24. The van der Waals surface area contributed by atoms with E-state index < -0.39 is 37.3 Å². The van der Waals surface area contributed by atoms with Gasteiger partial charge in [0.15, 0.2) is 0 Å². The molecule has 0 unspecified atom stereocenters. The molecule has 1 aliphatic heterocycles. The second-order valence-corrected chi connectivity index (χ2v) is 4.93. The van der Waals surface area contributed by atoms with E-state index in [0.29, 0.717) is 12.2 Å². The second-order valence-electron chi connectivity index (χ2n) is 4.93. The Bertz CT molecular complexity index is 433. The molecule has 7 nitrogen and oxygen atoms in total. The first-order valence-corrected chi connectivity index (χ1v) is 6.73. The molecule has 1 aromatic rings. The molecule has 21 heavy (non-hydrogen) atoms. The maximum absolute atomic E-state index is 9.85. The first-order valence-electron chi connectivity index (χ1n) is 6.73. The van der Waals surface area contributed by atoms with Crippen LogP contribution in [-0.2, 0) is 11.2 Å². The number of rotatable bonds is 5. The summed E-state index contributed by atoms with van der Waals surface area (Å²) < 4.78 is 10.7. The van der Waals surface area contributed by atoms with Crippen LogP contribution in [0.25, 0.3) is 0 Å². The average Bonchev–Trinajstić information content (AvgIpc) is 2.50. The van der Waals surface area contributed by atoms with Crippen molar-refractivity contribution in [2.24, 2.45) is 0 Å². The molecule has 0 radical (unpaired) electrons. The Kier molecular flexibility index (Phi) is 5.51. The lowest BCUT2D eigenvalue weighted by Crippen LogP contribution is -2.60. The fourth-order valence-electron chi connectivity index (χ4n) is 2.16. The maximum Gasteiger partial charge on any atom is 0.229 e. The van der Waals surface area contributed by atoms with Crippen molar-refractivity contribution < 1.29 is 35.0 Å². The second kappa shape index (κ2) is 7.17. The zero-order valence-corrected chi connectivity index (χ0v) is 11.4. The van der Waals surface area contributed by atoms with E-state index in [1.807, 2.05) is 0 Å². The van der Waals surface area contributed by atoms with Gasteiger partial charge in [0.1, 0.15) is 30.2 Å². The molecule has 0 spiro atoms. The lowest BCUT2D eigenvalue weighted by atomic mass is 9.99. The average molecular weight is 300 g/mol. The monoisotopic (exact) mass is 300 g/mol. The molecule has 0 aliphatic carbocycles. The van der Waals surface area contributed by atoms with Gasteiger partial charge in [-0.25, -0.2) is 0 Å². The van der Waals surface area contributed by atoms with E-state index in [4.69, 9.17) is 19.7 Å². The van der Waals surface area contributed by atoms with Crippen LogP contribution >= 0.6 is 0 Å². The van der Waals surface area contributed by atoms with E-state index in [0.717, 1.165) is 5.56 Å².